The Labute approximate surface area is 99.1 Å². The third-order valence-corrected chi connectivity index (χ3v) is 2.44. The van der Waals surface area contributed by atoms with Gasteiger partial charge in [0.05, 0.1) is 12.1 Å². The van der Waals surface area contributed by atoms with Crippen molar-refractivity contribution in [3.8, 4) is 0 Å². The Morgan fingerprint density at radius 3 is 2.71 bits per heavy atom. The van der Waals surface area contributed by atoms with Gasteiger partial charge in [0, 0.05) is 5.41 Å². The minimum atomic E-state index is -0.870. The standard InChI is InChI=1S/C12H15N3O2/c1-12(2,3)11-13-9-6-4-5-8(7-10(16)17)15(9)14-11/h4-6H,7H2,1-3H3,(H,16,17). The molecule has 2 heterocycles. The Morgan fingerprint density at radius 2 is 2.12 bits per heavy atom. The predicted molar refractivity (Wildman–Crippen MR) is 63.0 cm³/mol. The summed E-state index contributed by atoms with van der Waals surface area (Å²) >= 11 is 0. The maximum atomic E-state index is 10.8. The lowest BCUT2D eigenvalue weighted by atomic mass is 9.96. The van der Waals surface area contributed by atoms with Crippen molar-refractivity contribution in [1.29, 1.82) is 0 Å². The SMILES string of the molecule is CC(C)(C)c1nc2cccc(CC(=O)O)n2n1. The normalized spacial score (nSPS) is 11.9. The first-order valence-electron chi connectivity index (χ1n) is 5.45. The van der Waals surface area contributed by atoms with Gasteiger partial charge in [0.15, 0.2) is 11.5 Å². The maximum absolute atomic E-state index is 10.8. The first-order chi connectivity index (χ1) is 7.88. The first-order valence-corrected chi connectivity index (χ1v) is 5.45. The summed E-state index contributed by atoms with van der Waals surface area (Å²) in [5, 5.41) is 13.2. The van der Waals surface area contributed by atoms with Crippen LogP contribution in [-0.2, 0) is 16.6 Å². The van der Waals surface area contributed by atoms with Gasteiger partial charge in [0.2, 0.25) is 0 Å². The number of carbonyl (C=O) groups is 1. The fraction of sp³-hybridized carbons (Fsp3) is 0.417. The zero-order valence-electron chi connectivity index (χ0n) is 10.1. The number of rotatable bonds is 2. The molecule has 0 unspecified atom stereocenters. The van der Waals surface area contributed by atoms with Crippen molar-refractivity contribution < 1.29 is 9.90 Å². The summed E-state index contributed by atoms with van der Waals surface area (Å²) in [5.41, 5.74) is 1.18. The monoisotopic (exact) mass is 233 g/mol. The van der Waals surface area contributed by atoms with Crippen molar-refractivity contribution in [3.05, 3.63) is 29.7 Å². The highest BCUT2D eigenvalue weighted by molar-refractivity contribution is 5.69. The number of hydrogen-bond donors (Lipinski definition) is 1. The Balaban J connectivity index is 2.57. The minimum absolute atomic E-state index is 0.0513. The fourth-order valence-corrected chi connectivity index (χ4v) is 1.57. The zero-order valence-corrected chi connectivity index (χ0v) is 10.1. The summed E-state index contributed by atoms with van der Waals surface area (Å²) in [6.07, 6.45) is -0.0513. The average molecular weight is 233 g/mol. The molecule has 2 aromatic heterocycles. The lowest BCUT2D eigenvalue weighted by Crippen LogP contribution is -2.14. The van der Waals surface area contributed by atoms with Crippen LogP contribution in [0.25, 0.3) is 5.65 Å². The number of carboxylic acid groups (broad SMARTS) is 1. The van der Waals surface area contributed by atoms with Crippen LogP contribution >= 0.6 is 0 Å². The van der Waals surface area contributed by atoms with Gasteiger partial charge in [-0.25, -0.2) is 9.50 Å². The molecule has 0 fully saturated rings. The van der Waals surface area contributed by atoms with E-state index >= 15 is 0 Å². The van der Waals surface area contributed by atoms with Crippen LogP contribution in [0.3, 0.4) is 0 Å². The molecule has 2 aromatic rings. The van der Waals surface area contributed by atoms with E-state index in [2.05, 4.69) is 10.1 Å². The first kappa shape index (κ1) is 11.6. The summed E-state index contributed by atoms with van der Waals surface area (Å²) in [4.78, 5) is 15.2. The van der Waals surface area contributed by atoms with Crippen LogP contribution < -0.4 is 0 Å². The number of pyridine rings is 1. The molecule has 0 aromatic carbocycles. The molecule has 5 heteroatoms. The molecular weight excluding hydrogens is 218 g/mol. The highest BCUT2D eigenvalue weighted by Crippen LogP contribution is 2.19. The van der Waals surface area contributed by atoms with Gasteiger partial charge in [-0.15, -0.1) is 0 Å². The maximum Gasteiger partial charge on any atom is 0.309 e. The van der Waals surface area contributed by atoms with Gasteiger partial charge in [-0.2, -0.15) is 5.10 Å². The molecule has 5 nitrogen and oxygen atoms in total. The quantitative estimate of drug-likeness (QED) is 0.856. The molecule has 0 amide bonds. The van der Waals surface area contributed by atoms with Crippen molar-refractivity contribution in [2.75, 3.05) is 0 Å². The molecule has 0 radical (unpaired) electrons. The van der Waals surface area contributed by atoms with Crippen LogP contribution in [-0.4, -0.2) is 25.7 Å². The lowest BCUT2D eigenvalue weighted by molar-refractivity contribution is -0.136. The highest BCUT2D eigenvalue weighted by atomic mass is 16.4. The van der Waals surface area contributed by atoms with Crippen LogP contribution in [0.1, 0.15) is 32.3 Å². The second-order valence-electron chi connectivity index (χ2n) is 5.04. The lowest BCUT2D eigenvalue weighted by Gasteiger charge is -2.11. The topological polar surface area (TPSA) is 67.5 Å². The largest absolute Gasteiger partial charge is 0.481 e. The van der Waals surface area contributed by atoms with E-state index < -0.39 is 5.97 Å². The molecule has 0 saturated carbocycles. The molecular formula is C12H15N3O2. The Kier molecular flexibility index (Phi) is 2.61. The molecule has 0 atom stereocenters. The smallest absolute Gasteiger partial charge is 0.309 e. The number of aromatic nitrogens is 3. The van der Waals surface area contributed by atoms with E-state index in [1.807, 2.05) is 26.8 Å². The highest BCUT2D eigenvalue weighted by Gasteiger charge is 2.20. The second-order valence-corrected chi connectivity index (χ2v) is 5.04. The van der Waals surface area contributed by atoms with E-state index in [9.17, 15) is 4.79 Å². The molecule has 90 valence electrons. The molecule has 0 aliphatic heterocycles. The number of carboxylic acids is 1. The van der Waals surface area contributed by atoms with Gasteiger partial charge in [0.1, 0.15) is 0 Å². The zero-order chi connectivity index (χ0) is 12.6. The van der Waals surface area contributed by atoms with Crippen LogP contribution in [0.4, 0.5) is 0 Å². The van der Waals surface area contributed by atoms with Gasteiger partial charge in [-0.05, 0) is 12.1 Å². The van der Waals surface area contributed by atoms with E-state index in [0.29, 0.717) is 11.3 Å². The van der Waals surface area contributed by atoms with Crippen LogP contribution in [0.15, 0.2) is 18.2 Å². The third kappa shape index (κ3) is 2.27. The molecule has 2 rings (SSSR count). The van der Waals surface area contributed by atoms with Crippen molar-refractivity contribution in [2.45, 2.75) is 32.6 Å². The van der Waals surface area contributed by atoms with Gasteiger partial charge in [-0.1, -0.05) is 26.8 Å². The van der Waals surface area contributed by atoms with E-state index in [-0.39, 0.29) is 11.8 Å². The predicted octanol–water partition coefficient (Wildman–Crippen LogP) is 1.65. The van der Waals surface area contributed by atoms with Crippen molar-refractivity contribution >= 4 is 11.6 Å². The molecule has 0 saturated heterocycles. The average Bonchev–Trinajstić information content (AvgIpc) is 2.60. The van der Waals surface area contributed by atoms with Crippen LogP contribution in [0.2, 0.25) is 0 Å². The van der Waals surface area contributed by atoms with Gasteiger partial charge < -0.3 is 5.11 Å². The summed E-state index contributed by atoms with van der Waals surface area (Å²) in [6, 6.07) is 5.38. The van der Waals surface area contributed by atoms with E-state index in [1.54, 1.807) is 16.6 Å². The van der Waals surface area contributed by atoms with Crippen LogP contribution in [0.5, 0.6) is 0 Å². The number of aliphatic carboxylic acids is 1. The fourth-order valence-electron chi connectivity index (χ4n) is 1.57. The molecule has 1 N–H and O–H groups in total. The second kappa shape index (κ2) is 3.84. The van der Waals surface area contributed by atoms with E-state index in [0.717, 1.165) is 5.82 Å². The number of fused-ring (bicyclic) bond motifs is 1. The third-order valence-electron chi connectivity index (χ3n) is 2.44. The van der Waals surface area contributed by atoms with Crippen molar-refractivity contribution in [1.82, 2.24) is 14.6 Å². The minimum Gasteiger partial charge on any atom is -0.481 e. The summed E-state index contributed by atoms with van der Waals surface area (Å²) in [7, 11) is 0. The Hall–Kier alpha value is -1.91. The van der Waals surface area contributed by atoms with Crippen molar-refractivity contribution in [3.63, 3.8) is 0 Å². The molecule has 0 bridgehead atoms. The van der Waals surface area contributed by atoms with Crippen molar-refractivity contribution in [2.24, 2.45) is 0 Å². The van der Waals surface area contributed by atoms with Gasteiger partial charge in [0.25, 0.3) is 0 Å². The summed E-state index contributed by atoms with van der Waals surface area (Å²) < 4.78 is 1.61. The van der Waals surface area contributed by atoms with Gasteiger partial charge >= 0.3 is 5.97 Å². The molecule has 0 aliphatic rings. The van der Waals surface area contributed by atoms with Crippen LogP contribution in [0, 0.1) is 0 Å². The molecule has 17 heavy (non-hydrogen) atoms. The van der Waals surface area contributed by atoms with E-state index in [1.165, 1.54) is 0 Å². The number of nitrogens with zero attached hydrogens (tertiary/aromatic N) is 3. The van der Waals surface area contributed by atoms with Gasteiger partial charge in [-0.3, -0.25) is 4.79 Å². The molecule has 0 aliphatic carbocycles. The Bertz CT molecular complexity index is 567. The Morgan fingerprint density at radius 1 is 1.41 bits per heavy atom. The van der Waals surface area contributed by atoms with E-state index in [4.69, 9.17) is 5.11 Å². The summed E-state index contributed by atoms with van der Waals surface area (Å²) in [5.74, 6) is -0.152. The number of hydrogen-bond acceptors (Lipinski definition) is 3. The molecule has 0 spiro atoms. The summed E-state index contributed by atoms with van der Waals surface area (Å²) in [6.45, 7) is 6.08.